The summed E-state index contributed by atoms with van der Waals surface area (Å²) >= 11 is 0. The Bertz CT molecular complexity index is 1120. The smallest absolute Gasteiger partial charge is 0.123 e. The number of hydrogen-bond acceptors (Lipinski definition) is 6. The second kappa shape index (κ2) is 20.9. The summed E-state index contributed by atoms with van der Waals surface area (Å²) in [7, 11) is 0. The molecule has 0 radical (unpaired) electrons. The lowest BCUT2D eigenvalue weighted by Gasteiger charge is -2.28. The Balaban J connectivity index is 1.45. The van der Waals surface area contributed by atoms with Crippen LogP contribution < -0.4 is 21.3 Å². The van der Waals surface area contributed by atoms with Crippen LogP contribution in [-0.2, 0) is 34.7 Å². The van der Waals surface area contributed by atoms with E-state index < -0.39 is 0 Å². The van der Waals surface area contributed by atoms with E-state index in [1.807, 2.05) is 0 Å². The molecule has 0 amide bonds. The van der Waals surface area contributed by atoms with Gasteiger partial charge < -0.3 is 31.5 Å². The fraction of sp³-hybridized carbons (Fsp3) is 0.733. The minimum Gasteiger partial charge on any atom is -0.507 e. The monoisotopic (exact) mass is 709 g/mol. The lowest BCUT2D eigenvalue weighted by atomic mass is 9.78. The van der Waals surface area contributed by atoms with E-state index in [4.69, 9.17) is 0 Å². The van der Waals surface area contributed by atoms with E-state index in [1.165, 1.54) is 68.9 Å². The third kappa shape index (κ3) is 16.6. The van der Waals surface area contributed by atoms with Crippen LogP contribution in [0.25, 0.3) is 0 Å². The molecule has 2 aromatic carbocycles. The first kappa shape index (κ1) is 45.0. The topological polar surface area (TPSA) is 88.6 Å². The summed E-state index contributed by atoms with van der Waals surface area (Å²) in [5.41, 5.74) is 6.31. The Morgan fingerprint density at radius 1 is 0.353 bits per heavy atom. The molecule has 2 aromatic rings. The first-order valence-corrected chi connectivity index (χ1v) is 20.3. The normalized spacial score (nSPS) is 12.9. The minimum atomic E-state index is -0.0883. The summed E-state index contributed by atoms with van der Waals surface area (Å²) in [6, 6.07) is 8.73. The molecule has 0 aromatic heterocycles. The second-order valence-corrected chi connectivity index (χ2v) is 19.1. The third-order valence-corrected chi connectivity index (χ3v) is 9.85. The minimum absolute atomic E-state index is 0.0883. The van der Waals surface area contributed by atoms with Crippen LogP contribution in [0.3, 0.4) is 0 Å². The molecule has 0 saturated carbocycles. The fourth-order valence-electron chi connectivity index (χ4n) is 6.63. The van der Waals surface area contributed by atoms with Crippen LogP contribution >= 0.6 is 0 Å². The molecule has 0 aliphatic carbocycles. The number of hydrogen-bond donors (Lipinski definition) is 6. The Kier molecular flexibility index (Phi) is 18.5. The van der Waals surface area contributed by atoms with Crippen molar-refractivity contribution in [3.63, 3.8) is 0 Å². The highest BCUT2D eigenvalue weighted by Crippen LogP contribution is 2.41. The number of unbranched alkanes of at least 4 members (excludes halogenated alkanes) is 6. The van der Waals surface area contributed by atoms with Crippen molar-refractivity contribution < 1.29 is 10.2 Å². The van der Waals surface area contributed by atoms with Crippen molar-refractivity contribution in [3.05, 3.63) is 57.6 Å². The Hall–Kier alpha value is -2.12. The molecule has 0 unspecified atom stereocenters. The van der Waals surface area contributed by atoms with Gasteiger partial charge in [-0.15, -0.1) is 0 Å². The maximum Gasteiger partial charge on any atom is 0.123 e. The van der Waals surface area contributed by atoms with Crippen molar-refractivity contribution >= 4 is 0 Å². The van der Waals surface area contributed by atoms with Gasteiger partial charge in [0.25, 0.3) is 0 Å². The Labute approximate surface area is 314 Å². The van der Waals surface area contributed by atoms with Crippen molar-refractivity contribution in [2.24, 2.45) is 0 Å². The number of aromatic hydroxyl groups is 2. The number of rotatable bonds is 22. The maximum absolute atomic E-state index is 11.0. The summed E-state index contributed by atoms with van der Waals surface area (Å²) in [6.45, 7) is 34.2. The average Bonchev–Trinajstić information content (AvgIpc) is 3.00. The van der Waals surface area contributed by atoms with Crippen LogP contribution in [0.2, 0.25) is 0 Å². The standard InChI is InChI=1S/C45H80N4O2/c1-42(2,3)36-28-34(29-37(40(36)50)43(4,5)6)32-48-26-20-18-24-46-22-16-14-13-15-17-23-47-25-19-21-27-49-33-35-30-38(44(7,8)9)41(51)39(31-35)45(10,11)12/h28-31,46-51H,13-27,32-33H2,1-12H3. The SMILES string of the molecule is CC(C)(C)c1cc(CNCCCCNCCCCCCCNCCCCNCc2cc(C(C)(C)C)c(O)c(C(C)(C)C)c2)cc(C(C)(C)C)c1O. The van der Waals surface area contributed by atoms with Gasteiger partial charge in [0.2, 0.25) is 0 Å². The lowest BCUT2D eigenvalue weighted by molar-refractivity contribution is 0.421. The Morgan fingerprint density at radius 3 is 0.824 bits per heavy atom. The molecule has 6 nitrogen and oxygen atoms in total. The first-order chi connectivity index (χ1) is 23.7. The highest BCUT2D eigenvalue weighted by atomic mass is 16.3. The van der Waals surface area contributed by atoms with Crippen LogP contribution in [0.5, 0.6) is 11.5 Å². The highest BCUT2D eigenvalue weighted by molar-refractivity contribution is 5.51. The van der Waals surface area contributed by atoms with Gasteiger partial charge in [0.05, 0.1) is 0 Å². The highest BCUT2D eigenvalue weighted by Gasteiger charge is 2.27. The van der Waals surface area contributed by atoms with Gasteiger partial charge in [-0.25, -0.2) is 0 Å². The molecule has 0 aliphatic heterocycles. The fourth-order valence-corrected chi connectivity index (χ4v) is 6.63. The molecule has 51 heavy (non-hydrogen) atoms. The molecule has 2 rings (SSSR count). The molecule has 292 valence electrons. The van der Waals surface area contributed by atoms with Gasteiger partial charge >= 0.3 is 0 Å². The van der Waals surface area contributed by atoms with E-state index in [0.717, 1.165) is 74.6 Å². The van der Waals surface area contributed by atoms with E-state index >= 15 is 0 Å². The molecule has 0 spiro atoms. The number of nitrogens with one attached hydrogen (secondary N) is 4. The van der Waals surface area contributed by atoms with Gasteiger partial charge in [0.15, 0.2) is 0 Å². The summed E-state index contributed by atoms with van der Waals surface area (Å²) in [4.78, 5) is 0. The van der Waals surface area contributed by atoms with Crippen molar-refractivity contribution in [1.29, 1.82) is 0 Å². The van der Waals surface area contributed by atoms with E-state index in [-0.39, 0.29) is 21.7 Å². The van der Waals surface area contributed by atoms with Crippen LogP contribution in [0.15, 0.2) is 24.3 Å². The Morgan fingerprint density at radius 2 is 0.569 bits per heavy atom. The van der Waals surface area contributed by atoms with E-state index in [9.17, 15) is 10.2 Å². The molecule has 0 fully saturated rings. The van der Waals surface area contributed by atoms with Crippen LogP contribution in [0.4, 0.5) is 0 Å². The molecule has 6 N–H and O–H groups in total. The van der Waals surface area contributed by atoms with E-state index in [0.29, 0.717) is 11.5 Å². The molecule has 0 bridgehead atoms. The number of phenols is 2. The van der Waals surface area contributed by atoms with Crippen molar-refractivity contribution in [3.8, 4) is 11.5 Å². The summed E-state index contributed by atoms with van der Waals surface area (Å²) in [5, 5.41) is 36.4. The zero-order valence-electron chi connectivity index (χ0n) is 35.2. The molecule has 6 heteroatoms. The lowest BCUT2D eigenvalue weighted by Crippen LogP contribution is -2.21. The molecule has 0 heterocycles. The van der Waals surface area contributed by atoms with Gasteiger partial charge in [0.1, 0.15) is 11.5 Å². The van der Waals surface area contributed by atoms with Gasteiger partial charge in [-0.2, -0.15) is 0 Å². The van der Waals surface area contributed by atoms with Gasteiger partial charge in [-0.05, 0) is 133 Å². The second-order valence-electron chi connectivity index (χ2n) is 19.1. The molecular formula is C45H80N4O2. The average molecular weight is 709 g/mol. The number of benzene rings is 2. The zero-order valence-corrected chi connectivity index (χ0v) is 35.2. The predicted molar refractivity (Wildman–Crippen MR) is 222 cm³/mol. The predicted octanol–water partition coefficient (Wildman–Crippen LogP) is 9.86. The van der Waals surface area contributed by atoms with Crippen molar-refractivity contribution in [1.82, 2.24) is 21.3 Å². The first-order valence-electron chi connectivity index (χ1n) is 20.3. The van der Waals surface area contributed by atoms with Crippen molar-refractivity contribution in [2.75, 3.05) is 39.3 Å². The number of phenolic OH excluding ortho intramolecular Hbond substituents is 2. The maximum atomic E-state index is 11.0. The summed E-state index contributed by atoms with van der Waals surface area (Å²) in [6.07, 6.45) is 11.2. The third-order valence-electron chi connectivity index (χ3n) is 9.85. The van der Waals surface area contributed by atoms with Gasteiger partial charge in [0, 0.05) is 13.1 Å². The van der Waals surface area contributed by atoms with E-state index in [1.54, 1.807) is 0 Å². The van der Waals surface area contributed by atoms with E-state index in [2.05, 4.69) is 129 Å². The molecule has 0 atom stereocenters. The van der Waals surface area contributed by atoms with Gasteiger partial charge in [-0.1, -0.05) is 127 Å². The van der Waals surface area contributed by atoms with Crippen molar-refractivity contribution in [2.45, 2.75) is 176 Å². The molecule has 0 saturated heterocycles. The van der Waals surface area contributed by atoms with Crippen LogP contribution in [-0.4, -0.2) is 49.5 Å². The summed E-state index contributed by atoms with van der Waals surface area (Å²) < 4.78 is 0. The van der Waals surface area contributed by atoms with Crippen LogP contribution in [0.1, 0.15) is 174 Å². The largest absolute Gasteiger partial charge is 0.507 e. The van der Waals surface area contributed by atoms with Gasteiger partial charge in [-0.3, -0.25) is 0 Å². The molecule has 0 aliphatic rings. The quantitative estimate of drug-likeness (QED) is 0.0683. The molecular weight excluding hydrogens is 629 g/mol. The summed E-state index contributed by atoms with van der Waals surface area (Å²) in [5.74, 6) is 0.919. The van der Waals surface area contributed by atoms with Crippen LogP contribution in [0, 0.1) is 0 Å². The zero-order chi connectivity index (χ0) is 38.3.